The minimum atomic E-state index is 1.15. The van der Waals surface area contributed by atoms with Crippen molar-refractivity contribution in [2.45, 2.75) is 13.3 Å². The Morgan fingerprint density at radius 2 is 1.89 bits per heavy atom. The van der Waals surface area contributed by atoms with Crippen molar-refractivity contribution in [1.82, 2.24) is 15.1 Å². The van der Waals surface area contributed by atoms with Crippen LogP contribution in [0.2, 0.25) is 0 Å². The molecule has 2 rings (SSSR count). The molecule has 19 heavy (non-hydrogen) atoms. The average molecular weight is 261 g/mol. The lowest BCUT2D eigenvalue weighted by Gasteiger charge is -2.29. The summed E-state index contributed by atoms with van der Waals surface area (Å²) in [6, 6.07) is 8.71. The van der Waals surface area contributed by atoms with E-state index in [1.54, 1.807) is 0 Å². The Hall–Kier alpha value is -0.900. The van der Waals surface area contributed by atoms with E-state index in [2.05, 4.69) is 53.4 Å². The molecule has 0 spiro atoms. The molecule has 1 aromatic rings. The molecular weight excluding hydrogens is 234 g/mol. The summed E-state index contributed by atoms with van der Waals surface area (Å²) in [6.45, 7) is 10.4. The van der Waals surface area contributed by atoms with Crippen LogP contribution in [0.15, 0.2) is 24.3 Å². The number of rotatable bonds is 6. The minimum absolute atomic E-state index is 1.15. The van der Waals surface area contributed by atoms with E-state index in [0.717, 1.165) is 26.1 Å². The zero-order chi connectivity index (χ0) is 13.5. The third kappa shape index (κ3) is 4.94. The number of hydrogen-bond acceptors (Lipinski definition) is 3. The van der Waals surface area contributed by atoms with Crippen LogP contribution in [0, 0.1) is 6.92 Å². The molecular formula is C16H27N3. The molecule has 0 unspecified atom stereocenters. The quantitative estimate of drug-likeness (QED) is 0.834. The fourth-order valence-corrected chi connectivity index (χ4v) is 2.56. The monoisotopic (exact) mass is 261 g/mol. The van der Waals surface area contributed by atoms with Gasteiger partial charge in [-0.2, -0.15) is 0 Å². The van der Waals surface area contributed by atoms with E-state index < -0.39 is 0 Å². The fourth-order valence-electron chi connectivity index (χ4n) is 2.56. The second kappa shape index (κ2) is 7.63. The first kappa shape index (κ1) is 14.5. The van der Waals surface area contributed by atoms with Gasteiger partial charge in [-0.15, -0.1) is 0 Å². The molecule has 1 heterocycles. The van der Waals surface area contributed by atoms with Gasteiger partial charge in [0.25, 0.3) is 0 Å². The van der Waals surface area contributed by atoms with Crippen LogP contribution in [-0.4, -0.2) is 62.7 Å². The Labute approximate surface area is 117 Å². The van der Waals surface area contributed by atoms with E-state index in [4.69, 9.17) is 0 Å². The molecule has 1 aromatic carbocycles. The number of aryl methyl sites for hydroxylation is 1. The molecule has 0 radical (unpaired) electrons. The van der Waals surface area contributed by atoms with Crippen molar-refractivity contribution < 1.29 is 0 Å². The zero-order valence-electron chi connectivity index (χ0n) is 12.4. The van der Waals surface area contributed by atoms with Gasteiger partial charge in [-0.25, -0.2) is 0 Å². The van der Waals surface area contributed by atoms with E-state index in [9.17, 15) is 0 Å². The van der Waals surface area contributed by atoms with Crippen LogP contribution in [0.1, 0.15) is 11.1 Å². The molecule has 0 aliphatic carbocycles. The molecule has 1 N–H and O–H groups in total. The smallest absolute Gasteiger partial charge is 0.0110 e. The Bertz CT molecular complexity index is 372. The van der Waals surface area contributed by atoms with Crippen LogP contribution in [0.4, 0.5) is 0 Å². The van der Waals surface area contributed by atoms with Gasteiger partial charge in [-0.05, 0) is 31.5 Å². The van der Waals surface area contributed by atoms with Gasteiger partial charge in [-0.1, -0.05) is 24.3 Å². The average Bonchev–Trinajstić information content (AvgIpc) is 2.45. The molecule has 1 fully saturated rings. The SMILES string of the molecule is Cc1ccccc1CCN(C)CCN1CCNCC1. The van der Waals surface area contributed by atoms with Crippen molar-refractivity contribution in [3.8, 4) is 0 Å². The Balaban J connectivity index is 1.66. The summed E-state index contributed by atoms with van der Waals surface area (Å²) in [4.78, 5) is 5.01. The first-order valence-corrected chi connectivity index (χ1v) is 7.42. The molecule has 1 aliphatic rings. The van der Waals surface area contributed by atoms with Gasteiger partial charge >= 0.3 is 0 Å². The van der Waals surface area contributed by atoms with E-state index in [-0.39, 0.29) is 0 Å². The van der Waals surface area contributed by atoms with Gasteiger partial charge in [0.15, 0.2) is 0 Å². The van der Waals surface area contributed by atoms with Crippen LogP contribution in [0.25, 0.3) is 0 Å². The first-order valence-electron chi connectivity index (χ1n) is 7.42. The molecule has 106 valence electrons. The summed E-state index contributed by atoms with van der Waals surface area (Å²) in [7, 11) is 2.24. The number of hydrogen-bond donors (Lipinski definition) is 1. The summed E-state index contributed by atoms with van der Waals surface area (Å²) in [5, 5.41) is 3.40. The lowest BCUT2D eigenvalue weighted by atomic mass is 10.1. The number of likely N-dealkylation sites (N-methyl/N-ethyl adjacent to an activating group) is 1. The highest BCUT2D eigenvalue weighted by Gasteiger charge is 2.10. The molecule has 1 aliphatic heterocycles. The van der Waals surface area contributed by atoms with Crippen molar-refractivity contribution in [1.29, 1.82) is 0 Å². The van der Waals surface area contributed by atoms with Crippen molar-refractivity contribution >= 4 is 0 Å². The largest absolute Gasteiger partial charge is 0.314 e. The maximum absolute atomic E-state index is 3.40. The zero-order valence-corrected chi connectivity index (χ0v) is 12.4. The summed E-state index contributed by atoms with van der Waals surface area (Å²) in [5.41, 5.74) is 2.90. The maximum atomic E-state index is 3.40. The Morgan fingerprint density at radius 1 is 1.16 bits per heavy atom. The maximum Gasteiger partial charge on any atom is 0.0110 e. The van der Waals surface area contributed by atoms with E-state index >= 15 is 0 Å². The summed E-state index contributed by atoms with van der Waals surface area (Å²) < 4.78 is 0. The molecule has 3 heteroatoms. The number of nitrogens with one attached hydrogen (secondary N) is 1. The molecule has 0 atom stereocenters. The Morgan fingerprint density at radius 3 is 2.63 bits per heavy atom. The number of benzene rings is 1. The van der Waals surface area contributed by atoms with Gasteiger partial charge in [0.1, 0.15) is 0 Å². The fraction of sp³-hybridized carbons (Fsp3) is 0.625. The number of nitrogens with zero attached hydrogens (tertiary/aromatic N) is 2. The van der Waals surface area contributed by atoms with Crippen LogP contribution < -0.4 is 5.32 Å². The van der Waals surface area contributed by atoms with Crippen molar-refractivity contribution in [2.75, 3.05) is 52.9 Å². The number of piperazine rings is 1. The van der Waals surface area contributed by atoms with Crippen molar-refractivity contribution in [3.63, 3.8) is 0 Å². The van der Waals surface area contributed by atoms with Crippen LogP contribution in [0.3, 0.4) is 0 Å². The molecule has 3 nitrogen and oxygen atoms in total. The second-order valence-corrected chi connectivity index (χ2v) is 5.57. The summed E-state index contributed by atoms with van der Waals surface area (Å²) in [5.74, 6) is 0. The summed E-state index contributed by atoms with van der Waals surface area (Å²) >= 11 is 0. The predicted octanol–water partition coefficient (Wildman–Crippen LogP) is 1.37. The standard InChI is InChI=1S/C16H27N3/c1-15-5-3-4-6-16(15)7-10-18(2)13-14-19-11-8-17-9-12-19/h3-6,17H,7-14H2,1-2H3. The highest BCUT2D eigenvalue weighted by Crippen LogP contribution is 2.08. The minimum Gasteiger partial charge on any atom is -0.314 e. The van der Waals surface area contributed by atoms with Crippen molar-refractivity contribution in [3.05, 3.63) is 35.4 Å². The van der Waals surface area contributed by atoms with E-state index in [1.165, 1.54) is 37.3 Å². The molecule has 0 saturated carbocycles. The molecule has 0 amide bonds. The van der Waals surface area contributed by atoms with Crippen LogP contribution in [-0.2, 0) is 6.42 Å². The second-order valence-electron chi connectivity index (χ2n) is 5.57. The van der Waals surface area contributed by atoms with E-state index in [1.807, 2.05) is 0 Å². The Kier molecular flexibility index (Phi) is 5.83. The lowest BCUT2D eigenvalue weighted by Crippen LogP contribution is -2.46. The van der Waals surface area contributed by atoms with E-state index in [0.29, 0.717) is 0 Å². The van der Waals surface area contributed by atoms with Crippen LogP contribution in [0.5, 0.6) is 0 Å². The normalized spacial score (nSPS) is 17.0. The third-order valence-corrected chi connectivity index (χ3v) is 4.03. The lowest BCUT2D eigenvalue weighted by molar-refractivity contribution is 0.206. The van der Waals surface area contributed by atoms with Gasteiger partial charge in [0, 0.05) is 45.8 Å². The first-order chi connectivity index (χ1) is 9.25. The molecule has 0 aromatic heterocycles. The predicted molar refractivity (Wildman–Crippen MR) is 81.7 cm³/mol. The topological polar surface area (TPSA) is 18.5 Å². The molecule has 0 bridgehead atoms. The third-order valence-electron chi connectivity index (χ3n) is 4.03. The van der Waals surface area contributed by atoms with Gasteiger partial charge < -0.3 is 10.2 Å². The van der Waals surface area contributed by atoms with Crippen LogP contribution >= 0.6 is 0 Å². The highest BCUT2D eigenvalue weighted by molar-refractivity contribution is 5.25. The van der Waals surface area contributed by atoms with Gasteiger partial charge in [0.05, 0.1) is 0 Å². The van der Waals surface area contributed by atoms with Gasteiger partial charge in [0.2, 0.25) is 0 Å². The van der Waals surface area contributed by atoms with Gasteiger partial charge in [-0.3, -0.25) is 4.90 Å². The highest BCUT2D eigenvalue weighted by atomic mass is 15.2. The summed E-state index contributed by atoms with van der Waals surface area (Å²) in [6.07, 6.45) is 1.16. The van der Waals surface area contributed by atoms with Crippen molar-refractivity contribution in [2.24, 2.45) is 0 Å². The molecule has 1 saturated heterocycles.